The number of rotatable bonds is 3. The van der Waals surface area contributed by atoms with E-state index >= 15 is 0 Å². The van der Waals surface area contributed by atoms with Gasteiger partial charge in [-0.2, -0.15) is 10.5 Å². The van der Waals surface area contributed by atoms with Crippen molar-refractivity contribution in [1.29, 1.82) is 10.5 Å². The molecule has 80 valence electrons. The average molecular weight is 217 g/mol. The van der Waals surface area contributed by atoms with Gasteiger partial charge in [0, 0.05) is 18.0 Å². The molecule has 0 aliphatic carbocycles. The van der Waals surface area contributed by atoms with E-state index in [1.165, 1.54) is 25.4 Å². The monoisotopic (exact) mass is 217 g/mol. The quantitative estimate of drug-likeness (QED) is 0.788. The number of halogens is 1. The largest absolute Gasteiger partial charge is 0.494 e. The van der Waals surface area contributed by atoms with Crippen molar-refractivity contribution in [2.24, 2.45) is 0 Å². The van der Waals surface area contributed by atoms with E-state index in [1.807, 2.05) is 0 Å². The number of nitrogens with zero attached hydrogens (tertiary/aromatic N) is 2. The first-order valence-corrected chi connectivity index (χ1v) is 4.31. The van der Waals surface area contributed by atoms with E-state index in [2.05, 4.69) is 5.32 Å². The smallest absolute Gasteiger partial charge is 0.167 e. The molecule has 0 radical (unpaired) electrons. The van der Waals surface area contributed by atoms with Crippen molar-refractivity contribution < 1.29 is 9.13 Å². The van der Waals surface area contributed by atoms with Crippen LogP contribution in [0.3, 0.4) is 0 Å². The van der Waals surface area contributed by atoms with Gasteiger partial charge in [-0.05, 0) is 12.1 Å². The van der Waals surface area contributed by atoms with Crippen LogP contribution in [0.15, 0.2) is 30.0 Å². The molecule has 0 unspecified atom stereocenters. The molecule has 0 spiro atoms. The zero-order chi connectivity index (χ0) is 12.0. The molecule has 0 aromatic heterocycles. The van der Waals surface area contributed by atoms with Gasteiger partial charge in [-0.15, -0.1) is 0 Å². The van der Waals surface area contributed by atoms with E-state index in [1.54, 1.807) is 18.2 Å². The Balaban J connectivity index is 2.85. The molecule has 0 saturated carbocycles. The molecule has 1 rings (SSSR count). The standard InChI is InChI=1S/C11H8FN3O/c1-16-11-3-2-9(4-10(11)12)15-7-8(5-13)6-14/h2-4,7,15H,1H3. The van der Waals surface area contributed by atoms with Gasteiger partial charge in [-0.25, -0.2) is 4.39 Å². The maximum Gasteiger partial charge on any atom is 0.167 e. The van der Waals surface area contributed by atoms with Gasteiger partial charge in [0.05, 0.1) is 7.11 Å². The SMILES string of the molecule is COc1ccc(NC=C(C#N)C#N)cc1F. The summed E-state index contributed by atoms with van der Waals surface area (Å²) in [6.45, 7) is 0. The van der Waals surface area contributed by atoms with Crippen LogP contribution in [0.1, 0.15) is 0 Å². The van der Waals surface area contributed by atoms with Gasteiger partial charge in [-0.1, -0.05) is 0 Å². The number of hydrogen-bond acceptors (Lipinski definition) is 4. The zero-order valence-electron chi connectivity index (χ0n) is 8.49. The third-order valence-electron chi connectivity index (χ3n) is 1.78. The van der Waals surface area contributed by atoms with Gasteiger partial charge in [0.2, 0.25) is 0 Å². The molecular weight excluding hydrogens is 209 g/mol. The zero-order valence-corrected chi connectivity index (χ0v) is 8.49. The number of nitrogens with one attached hydrogen (secondary N) is 1. The number of hydrogen-bond donors (Lipinski definition) is 1. The Hall–Kier alpha value is -2.53. The molecule has 0 amide bonds. The van der Waals surface area contributed by atoms with Crippen molar-refractivity contribution in [1.82, 2.24) is 0 Å². The Kier molecular flexibility index (Phi) is 3.88. The van der Waals surface area contributed by atoms with Crippen molar-refractivity contribution in [2.75, 3.05) is 12.4 Å². The summed E-state index contributed by atoms with van der Waals surface area (Å²) in [7, 11) is 1.37. The van der Waals surface area contributed by atoms with Gasteiger partial charge in [0.25, 0.3) is 0 Å². The van der Waals surface area contributed by atoms with Gasteiger partial charge in [0.15, 0.2) is 11.6 Å². The molecule has 1 aromatic carbocycles. The number of benzene rings is 1. The molecule has 0 aliphatic heterocycles. The van der Waals surface area contributed by atoms with Crippen LogP contribution in [0.25, 0.3) is 0 Å². The summed E-state index contributed by atoms with van der Waals surface area (Å²) >= 11 is 0. The summed E-state index contributed by atoms with van der Waals surface area (Å²) in [5.41, 5.74) is 0.345. The lowest BCUT2D eigenvalue weighted by Gasteiger charge is -2.04. The molecule has 5 heteroatoms. The van der Waals surface area contributed by atoms with E-state index in [0.29, 0.717) is 5.69 Å². The first-order chi connectivity index (χ1) is 7.71. The lowest BCUT2D eigenvalue weighted by Crippen LogP contribution is -1.93. The normalized spacial score (nSPS) is 8.50. The van der Waals surface area contributed by atoms with Gasteiger partial charge >= 0.3 is 0 Å². The van der Waals surface area contributed by atoms with Crippen molar-refractivity contribution in [3.8, 4) is 17.9 Å². The Bertz CT molecular complexity index is 481. The van der Waals surface area contributed by atoms with Crippen LogP contribution >= 0.6 is 0 Å². The summed E-state index contributed by atoms with van der Waals surface area (Å²) in [6, 6.07) is 7.59. The maximum atomic E-state index is 13.2. The highest BCUT2D eigenvalue weighted by atomic mass is 19.1. The predicted octanol–water partition coefficient (Wildman–Crippen LogP) is 2.18. The molecule has 0 aliphatic rings. The van der Waals surface area contributed by atoms with Crippen LogP contribution in [0, 0.1) is 28.5 Å². The van der Waals surface area contributed by atoms with E-state index in [4.69, 9.17) is 15.3 Å². The Morgan fingerprint density at radius 1 is 1.44 bits per heavy atom. The molecule has 1 aromatic rings. The predicted molar refractivity (Wildman–Crippen MR) is 55.9 cm³/mol. The Morgan fingerprint density at radius 2 is 2.12 bits per heavy atom. The number of anilines is 1. The molecule has 4 nitrogen and oxygen atoms in total. The fourth-order valence-electron chi connectivity index (χ4n) is 1.00. The highest BCUT2D eigenvalue weighted by Crippen LogP contribution is 2.20. The lowest BCUT2D eigenvalue weighted by atomic mass is 10.3. The molecular formula is C11H8FN3O. The summed E-state index contributed by atoms with van der Waals surface area (Å²) in [5.74, 6) is -0.383. The number of allylic oxidation sites excluding steroid dienone is 1. The topological polar surface area (TPSA) is 68.8 Å². The second kappa shape index (κ2) is 5.38. The average Bonchev–Trinajstić information content (AvgIpc) is 2.30. The molecule has 0 atom stereocenters. The van der Waals surface area contributed by atoms with Crippen molar-refractivity contribution in [3.63, 3.8) is 0 Å². The van der Waals surface area contributed by atoms with Crippen LogP contribution in [0.4, 0.5) is 10.1 Å². The minimum Gasteiger partial charge on any atom is -0.494 e. The van der Waals surface area contributed by atoms with Crippen LogP contribution in [0.2, 0.25) is 0 Å². The van der Waals surface area contributed by atoms with Crippen LogP contribution in [-0.2, 0) is 0 Å². The number of nitriles is 2. The summed E-state index contributed by atoms with van der Waals surface area (Å²) in [4.78, 5) is 0. The summed E-state index contributed by atoms with van der Waals surface area (Å²) < 4.78 is 18.0. The van der Waals surface area contributed by atoms with E-state index in [-0.39, 0.29) is 11.3 Å². The Morgan fingerprint density at radius 3 is 2.62 bits per heavy atom. The lowest BCUT2D eigenvalue weighted by molar-refractivity contribution is 0.386. The number of methoxy groups -OCH3 is 1. The number of ether oxygens (including phenoxy) is 1. The van der Waals surface area contributed by atoms with Crippen LogP contribution in [-0.4, -0.2) is 7.11 Å². The molecule has 16 heavy (non-hydrogen) atoms. The van der Waals surface area contributed by atoms with E-state index < -0.39 is 5.82 Å². The van der Waals surface area contributed by atoms with Crippen LogP contribution < -0.4 is 10.1 Å². The van der Waals surface area contributed by atoms with Gasteiger partial charge in [0.1, 0.15) is 17.7 Å². The fraction of sp³-hybridized carbons (Fsp3) is 0.0909. The third kappa shape index (κ3) is 2.73. The second-order valence-corrected chi connectivity index (χ2v) is 2.78. The minimum atomic E-state index is -0.517. The fourth-order valence-corrected chi connectivity index (χ4v) is 1.00. The van der Waals surface area contributed by atoms with Crippen molar-refractivity contribution in [2.45, 2.75) is 0 Å². The first kappa shape index (κ1) is 11.5. The minimum absolute atomic E-state index is 0.0868. The second-order valence-electron chi connectivity index (χ2n) is 2.78. The molecule has 0 bridgehead atoms. The maximum absolute atomic E-state index is 13.2. The van der Waals surface area contributed by atoms with Crippen molar-refractivity contribution >= 4 is 5.69 Å². The van der Waals surface area contributed by atoms with E-state index in [9.17, 15) is 4.39 Å². The Labute approximate surface area is 92.2 Å². The molecule has 0 saturated heterocycles. The summed E-state index contributed by atoms with van der Waals surface area (Å²) in [5, 5.41) is 19.6. The highest BCUT2D eigenvalue weighted by Gasteiger charge is 2.02. The van der Waals surface area contributed by atoms with Gasteiger partial charge < -0.3 is 10.1 Å². The van der Waals surface area contributed by atoms with Crippen LogP contribution in [0.5, 0.6) is 5.75 Å². The third-order valence-corrected chi connectivity index (χ3v) is 1.78. The molecule has 0 heterocycles. The molecule has 0 fully saturated rings. The highest BCUT2D eigenvalue weighted by molar-refractivity contribution is 5.51. The summed E-state index contributed by atoms with van der Waals surface area (Å²) in [6.07, 6.45) is 1.21. The first-order valence-electron chi connectivity index (χ1n) is 4.31. The van der Waals surface area contributed by atoms with E-state index in [0.717, 1.165) is 0 Å². The molecule has 1 N–H and O–H groups in total. The van der Waals surface area contributed by atoms with Gasteiger partial charge in [-0.3, -0.25) is 0 Å². The van der Waals surface area contributed by atoms with Crippen molar-refractivity contribution in [3.05, 3.63) is 35.8 Å².